The van der Waals surface area contributed by atoms with Gasteiger partial charge in [-0.25, -0.2) is 0 Å². The molecule has 104 valence electrons. The van der Waals surface area contributed by atoms with Crippen LogP contribution in [0.1, 0.15) is 18.1 Å². The van der Waals surface area contributed by atoms with Gasteiger partial charge in [0.15, 0.2) is 0 Å². The van der Waals surface area contributed by atoms with E-state index < -0.39 is 0 Å². The smallest absolute Gasteiger partial charge is 0.119 e. The minimum absolute atomic E-state index is 0.708. The molecule has 0 saturated heterocycles. The molecule has 0 spiro atoms. The van der Waals surface area contributed by atoms with Crippen molar-refractivity contribution in [2.75, 3.05) is 23.9 Å². The number of anilines is 2. The second-order valence-electron chi connectivity index (χ2n) is 4.98. The van der Waals surface area contributed by atoms with Crippen LogP contribution in [-0.2, 0) is 13.1 Å². The molecule has 1 aliphatic heterocycles. The van der Waals surface area contributed by atoms with E-state index in [1.165, 1.54) is 22.5 Å². The largest absolute Gasteiger partial charge is 0.494 e. The van der Waals surface area contributed by atoms with E-state index in [1.54, 1.807) is 0 Å². The molecular formula is C17H20N2O. The number of nitrogens with zero attached hydrogens (tertiary/aromatic N) is 1. The van der Waals surface area contributed by atoms with Crippen molar-refractivity contribution in [1.82, 2.24) is 0 Å². The first kappa shape index (κ1) is 12.9. The van der Waals surface area contributed by atoms with Crippen LogP contribution in [0.25, 0.3) is 0 Å². The minimum atomic E-state index is 0.708. The fourth-order valence-corrected chi connectivity index (χ4v) is 2.76. The number of nitrogens with one attached hydrogen (secondary N) is 1. The van der Waals surface area contributed by atoms with Crippen molar-refractivity contribution < 1.29 is 4.74 Å². The van der Waals surface area contributed by atoms with E-state index in [-0.39, 0.29) is 0 Å². The summed E-state index contributed by atoms with van der Waals surface area (Å²) in [7, 11) is 1.98. The van der Waals surface area contributed by atoms with Gasteiger partial charge in [0.25, 0.3) is 0 Å². The lowest BCUT2D eigenvalue weighted by atomic mass is 10.1. The predicted octanol–water partition coefficient (Wildman–Crippen LogP) is 3.65. The first-order valence-corrected chi connectivity index (χ1v) is 7.08. The molecule has 0 bridgehead atoms. The van der Waals surface area contributed by atoms with Crippen LogP contribution in [0.5, 0.6) is 5.75 Å². The molecule has 0 amide bonds. The van der Waals surface area contributed by atoms with Crippen LogP contribution in [0.2, 0.25) is 0 Å². The van der Waals surface area contributed by atoms with Crippen LogP contribution in [0, 0.1) is 0 Å². The summed E-state index contributed by atoms with van der Waals surface area (Å²) in [6.07, 6.45) is 0. The third-order valence-electron chi connectivity index (χ3n) is 3.77. The fourth-order valence-electron chi connectivity index (χ4n) is 2.76. The second kappa shape index (κ2) is 5.45. The van der Waals surface area contributed by atoms with Gasteiger partial charge in [-0.05, 0) is 48.4 Å². The van der Waals surface area contributed by atoms with Gasteiger partial charge in [0, 0.05) is 31.5 Å². The van der Waals surface area contributed by atoms with Crippen molar-refractivity contribution in [2.24, 2.45) is 0 Å². The van der Waals surface area contributed by atoms with Crippen molar-refractivity contribution in [3.8, 4) is 5.75 Å². The van der Waals surface area contributed by atoms with E-state index >= 15 is 0 Å². The van der Waals surface area contributed by atoms with Gasteiger partial charge >= 0.3 is 0 Å². The molecule has 0 atom stereocenters. The maximum absolute atomic E-state index is 5.49. The summed E-state index contributed by atoms with van der Waals surface area (Å²) in [6, 6.07) is 14.8. The Morgan fingerprint density at radius 2 is 1.90 bits per heavy atom. The van der Waals surface area contributed by atoms with Gasteiger partial charge in [-0.1, -0.05) is 12.1 Å². The molecule has 3 rings (SSSR count). The third kappa shape index (κ3) is 2.31. The van der Waals surface area contributed by atoms with Gasteiger partial charge < -0.3 is 15.0 Å². The molecule has 3 nitrogen and oxygen atoms in total. The second-order valence-corrected chi connectivity index (χ2v) is 4.98. The molecule has 2 aromatic rings. The fraction of sp³-hybridized carbons (Fsp3) is 0.294. The molecule has 2 aromatic carbocycles. The molecule has 0 unspecified atom stereocenters. The molecule has 1 heterocycles. The maximum Gasteiger partial charge on any atom is 0.119 e. The van der Waals surface area contributed by atoms with Crippen molar-refractivity contribution in [3.05, 3.63) is 53.6 Å². The number of rotatable bonds is 4. The summed E-state index contributed by atoms with van der Waals surface area (Å²) in [5.41, 5.74) is 5.29. The Kier molecular flexibility index (Phi) is 3.50. The quantitative estimate of drug-likeness (QED) is 0.916. The van der Waals surface area contributed by atoms with E-state index in [1.807, 2.05) is 26.1 Å². The number of hydrogen-bond acceptors (Lipinski definition) is 3. The monoisotopic (exact) mass is 268 g/mol. The third-order valence-corrected chi connectivity index (χ3v) is 3.77. The highest BCUT2D eigenvalue weighted by atomic mass is 16.5. The summed E-state index contributed by atoms with van der Waals surface area (Å²) >= 11 is 0. The van der Waals surface area contributed by atoms with Crippen LogP contribution in [0.3, 0.4) is 0 Å². The zero-order valence-electron chi connectivity index (χ0n) is 12.0. The summed E-state index contributed by atoms with van der Waals surface area (Å²) in [5, 5.41) is 3.28. The van der Waals surface area contributed by atoms with Crippen LogP contribution < -0.4 is 15.0 Å². The Labute approximate surface area is 120 Å². The summed E-state index contributed by atoms with van der Waals surface area (Å²) in [6.45, 7) is 4.64. The Hall–Kier alpha value is -2.16. The highest BCUT2D eigenvalue weighted by molar-refractivity contribution is 5.61. The standard InChI is InChI=1S/C17H20N2O/c1-3-20-15-9-7-14(8-10-15)19-11-13-5-4-6-17(18-2)16(13)12-19/h4-10,18H,3,11-12H2,1-2H3. The summed E-state index contributed by atoms with van der Waals surface area (Å²) < 4.78 is 5.49. The van der Waals surface area contributed by atoms with Crippen molar-refractivity contribution >= 4 is 11.4 Å². The van der Waals surface area contributed by atoms with Gasteiger partial charge in [0.2, 0.25) is 0 Å². The molecule has 20 heavy (non-hydrogen) atoms. The van der Waals surface area contributed by atoms with Gasteiger partial charge in [-0.15, -0.1) is 0 Å². The van der Waals surface area contributed by atoms with E-state index in [4.69, 9.17) is 4.74 Å². The zero-order valence-corrected chi connectivity index (χ0v) is 12.0. The Morgan fingerprint density at radius 3 is 2.60 bits per heavy atom. The van der Waals surface area contributed by atoms with Crippen LogP contribution in [0.4, 0.5) is 11.4 Å². The Balaban J connectivity index is 1.81. The first-order valence-electron chi connectivity index (χ1n) is 7.08. The van der Waals surface area contributed by atoms with Crippen molar-refractivity contribution in [1.29, 1.82) is 0 Å². The highest BCUT2D eigenvalue weighted by Crippen LogP contribution is 2.33. The van der Waals surface area contributed by atoms with Crippen molar-refractivity contribution in [2.45, 2.75) is 20.0 Å². The highest BCUT2D eigenvalue weighted by Gasteiger charge is 2.21. The topological polar surface area (TPSA) is 24.5 Å². The van der Waals surface area contributed by atoms with Gasteiger partial charge in [0.1, 0.15) is 5.75 Å². The van der Waals surface area contributed by atoms with Crippen LogP contribution in [-0.4, -0.2) is 13.7 Å². The average Bonchev–Trinajstić information content (AvgIpc) is 2.92. The maximum atomic E-state index is 5.49. The molecule has 0 aliphatic carbocycles. The average molecular weight is 268 g/mol. The van der Waals surface area contributed by atoms with E-state index in [9.17, 15) is 0 Å². The summed E-state index contributed by atoms with van der Waals surface area (Å²) in [5.74, 6) is 0.934. The number of fused-ring (bicyclic) bond motifs is 1. The molecule has 0 fully saturated rings. The Bertz CT molecular complexity index is 592. The van der Waals surface area contributed by atoms with E-state index in [0.717, 1.165) is 18.8 Å². The molecule has 0 radical (unpaired) electrons. The summed E-state index contributed by atoms with van der Waals surface area (Å²) in [4.78, 5) is 2.39. The van der Waals surface area contributed by atoms with Gasteiger partial charge in [-0.3, -0.25) is 0 Å². The van der Waals surface area contributed by atoms with E-state index in [0.29, 0.717) is 6.61 Å². The molecule has 1 N–H and O–H groups in total. The molecular weight excluding hydrogens is 248 g/mol. The molecule has 0 aromatic heterocycles. The number of hydrogen-bond donors (Lipinski definition) is 1. The number of benzene rings is 2. The lowest BCUT2D eigenvalue weighted by molar-refractivity contribution is 0.340. The molecule has 1 aliphatic rings. The van der Waals surface area contributed by atoms with Gasteiger partial charge in [-0.2, -0.15) is 0 Å². The lowest BCUT2D eigenvalue weighted by Gasteiger charge is -2.18. The van der Waals surface area contributed by atoms with Crippen molar-refractivity contribution in [3.63, 3.8) is 0 Å². The molecule has 3 heteroatoms. The normalized spacial score (nSPS) is 13.2. The SMILES string of the molecule is CCOc1ccc(N2Cc3cccc(NC)c3C2)cc1. The predicted molar refractivity (Wildman–Crippen MR) is 83.5 cm³/mol. The Morgan fingerprint density at radius 1 is 1.10 bits per heavy atom. The van der Waals surface area contributed by atoms with E-state index in [2.05, 4.69) is 40.5 Å². The molecule has 0 saturated carbocycles. The number of ether oxygens (including phenoxy) is 1. The first-order chi connectivity index (χ1) is 9.81. The van der Waals surface area contributed by atoms with Crippen LogP contribution in [0.15, 0.2) is 42.5 Å². The van der Waals surface area contributed by atoms with Gasteiger partial charge in [0.05, 0.1) is 6.61 Å². The van der Waals surface area contributed by atoms with Crippen LogP contribution >= 0.6 is 0 Å². The zero-order chi connectivity index (χ0) is 13.9. The lowest BCUT2D eigenvalue weighted by Crippen LogP contribution is -2.14. The minimum Gasteiger partial charge on any atom is -0.494 e.